The van der Waals surface area contributed by atoms with Crippen molar-refractivity contribution in [2.45, 2.75) is 31.2 Å². The third-order valence-electron chi connectivity index (χ3n) is 1.61. The molecule has 0 aromatic rings. The van der Waals surface area contributed by atoms with Crippen LogP contribution in [-0.4, -0.2) is 17.5 Å². The predicted molar refractivity (Wildman–Crippen MR) is 43.6 cm³/mol. The van der Waals surface area contributed by atoms with Gasteiger partial charge in [-0.3, -0.25) is 4.79 Å². The minimum Gasteiger partial charge on any atom is -0.460 e. The van der Waals surface area contributed by atoms with Crippen molar-refractivity contribution < 1.29 is 9.53 Å². The molecule has 2 atom stereocenters. The van der Waals surface area contributed by atoms with Crippen molar-refractivity contribution in [2.75, 3.05) is 0 Å². The van der Waals surface area contributed by atoms with Crippen LogP contribution in [0, 0.1) is 0 Å². The fourth-order valence-corrected chi connectivity index (χ4v) is 1.22. The first-order valence-corrected chi connectivity index (χ1v) is 4.18. The summed E-state index contributed by atoms with van der Waals surface area (Å²) in [6.45, 7) is 1.77. The van der Waals surface area contributed by atoms with Crippen LogP contribution in [-0.2, 0) is 9.53 Å². The summed E-state index contributed by atoms with van der Waals surface area (Å²) in [6, 6.07) is 0. The van der Waals surface area contributed by atoms with Crippen molar-refractivity contribution in [3.05, 3.63) is 12.2 Å². The van der Waals surface area contributed by atoms with Gasteiger partial charge in [-0.05, 0) is 0 Å². The van der Waals surface area contributed by atoms with Crippen molar-refractivity contribution in [1.82, 2.24) is 0 Å². The summed E-state index contributed by atoms with van der Waals surface area (Å²) in [6.07, 6.45) is 4.82. The normalized spacial score (nSPS) is 28.9. The molecule has 0 aliphatic heterocycles. The highest BCUT2D eigenvalue weighted by molar-refractivity contribution is 6.22. The number of carbonyl (C=O) groups is 1. The van der Waals surface area contributed by atoms with E-state index in [2.05, 4.69) is 0 Å². The van der Waals surface area contributed by atoms with Gasteiger partial charge < -0.3 is 4.74 Å². The quantitative estimate of drug-likeness (QED) is 0.363. The van der Waals surface area contributed by atoms with Gasteiger partial charge in [0.2, 0.25) is 0 Å². The first kappa shape index (κ1) is 8.60. The molecule has 1 aliphatic rings. The first-order valence-electron chi connectivity index (χ1n) is 3.74. The zero-order valence-corrected chi connectivity index (χ0v) is 7.17. The van der Waals surface area contributed by atoms with E-state index in [1.165, 1.54) is 0 Å². The Hall–Kier alpha value is -0.500. The van der Waals surface area contributed by atoms with E-state index < -0.39 is 0 Å². The Balaban J connectivity index is 2.33. The predicted octanol–water partition coefficient (Wildman–Crippen LogP) is 1.88. The number of ether oxygens (including phenoxy) is 1. The Morgan fingerprint density at radius 2 is 2.55 bits per heavy atom. The van der Waals surface area contributed by atoms with Crippen LogP contribution in [0.15, 0.2) is 12.2 Å². The van der Waals surface area contributed by atoms with E-state index in [1.54, 1.807) is 6.92 Å². The number of alkyl halides is 1. The van der Waals surface area contributed by atoms with Gasteiger partial charge in [-0.1, -0.05) is 19.1 Å². The second-order valence-electron chi connectivity index (χ2n) is 2.49. The smallest absolute Gasteiger partial charge is 0.305 e. The van der Waals surface area contributed by atoms with Crippen LogP contribution in [0.5, 0.6) is 0 Å². The Labute approximate surface area is 71.2 Å². The highest BCUT2D eigenvalue weighted by atomic mass is 35.5. The van der Waals surface area contributed by atoms with Crippen LogP contribution in [0.25, 0.3) is 0 Å². The first-order chi connectivity index (χ1) is 5.24. The average molecular weight is 175 g/mol. The van der Waals surface area contributed by atoms with Crippen molar-refractivity contribution in [1.29, 1.82) is 0 Å². The monoisotopic (exact) mass is 174 g/mol. The third-order valence-corrected chi connectivity index (χ3v) is 2.04. The molecule has 62 valence electrons. The van der Waals surface area contributed by atoms with Gasteiger partial charge in [-0.2, -0.15) is 0 Å². The van der Waals surface area contributed by atoms with Crippen LogP contribution >= 0.6 is 11.6 Å². The van der Waals surface area contributed by atoms with E-state index in [1.807, 2.05) is 12.2 Å². The molecule has 11 heavy (non-hydrogen) atoms. The maximum absolute atomic E-state index is 10.8. The molecule has 0 fully saturated rings. The van der Waals surface area contributed by atoms with Crippen LogP contribution in [0.4, 0.5) is 0 Å². The number of halogens is 1. The summed E-state index contributed by atoms with van der Waals surface area (Å²) in [5, 5.41) is -0.134. The summed E-state index contributed by atoms with van der Waals surface area (Å²) in [5.41, 5.74) is 0. The second kappa shape index (κ2) is 3.77. The molecule has 0 spiro atoms. The summed E-state index contributed by atoms with van der Waals surface area (Å²) in [5.74, 6) is -0.177. The minimum absolute atomic E-state index is 0.134. The standard InChI is InChI=1S/C8H11ClO2/c1-2-8(10)11-7-5-3-4-6(7)9/h3-4,6-7H,2,5H2,1H3. The van der Waals surface area contributed by atoms with Crippen molar-refractivity contribution in [3.8, 4) is 0 Å². The van der Waals surface area contributed by atoms with E-state index in [0.717, 1.165) is 6.42 Å². The average Bonchev–Trinajstić information content (AvgIpc) is 2.37. The van der Waals surface area contributed by atoms with Gasteiger partial charge in [0.15, 0.2) is 0 Å². The van der Waals surface area contributed by atoms with Crippen molar-refractivity contribution >= 4 is 17.6 Å². The zero-order chi connectivity index (χ0) is 8.27. The summed E-state index contributed by atoms with van der Waals surface area (Å²) < 4.78 is 5.04. The molecule has 1 rings (SSSR count). The molecule has 2 nitrogen and oxygen atoms in total. The van der Waals surface area contributed by atoms with E-state index in [-0.39, 0.29) is 17.5 Å². The highest BCUT2D eigenvalue weighted by Gasteiger charge is 2.23. The van der Waals surface area contributed by atoms with Crippen LogP contribution in [0.1, 0.15) is 19.8 Å². The molecule has 0 saturated heterocycles. The fraction of sp³-hybridized carbons (Fsp3) is 0.625. The fourth-order valence-electron chi connectivity index (χ4n) is 0.962. The molecule has 0 aromatic carbocycles. The highest BCUT2D eigenvalue weighted by Crippen LogP contribution is 2.20. The maximum atomic E-state index is 10.8. The van der Waals surface area contributed by atoms with Crippen LogP contribution < -0.4 is 0 Å². The molecule has 3 heteroatoms. The summed E-state index contributed by atoms with van der Waals surface area (Å²) in [4.78, 5) is 10.8. The number of rotatable bonds is 2. The van der Waals surface area contributed by atoms with Crippen molar-refractivity contribution in [2.24, 2.45) is 0 Å². The summed E-state index contributed by atoms with van der Waals surface area (Å²) >= 11 is 5.82. The lowest BCUT2D eigenvalue weighted by Crippen LogP contribution is -2.22. The molecule has 0 N–H and O–H groups in total. The van der Waals surface area contributed by atoms with E-state index in [9.17, 15) is 4.79 Å². The van der Waals surface area contributed by atoms with E-state index in [0.29, 0.717) is 6.42 Å². The largest absolute Gasteiger partial charge is 0.460 e. The Morgan fingerprint density at radius 3 is 3.00 bits per heavy atom. The molecule has 0 bridgehead atoms. The topological polar surface area (TPSA) is 26.3 Å². The number of carbonyl (C=O) groups excluding carboxylic acids is 1. The second-order valence-corrected chi connectivity index (χ2v) is 2.99. The molecule has 0 saturated carbocycles. The Kier molecular flexibility index (Phi) is 2.94. The molecule has 2 unspecified atom stereocenters. The number of hydrogen-bond acceptors (Lipinski definition) is 2. The van der Waals surface area contributed by atoms with Gasteiger partial charge >= 0.3 is 5.97 Å². The lowest BCUT2D eigenvalue weighted by Gasteiger charge is -2.13. The molecule has 0 amide bonds. The Morgan fingerprint density at radius 1 is 1.82 bits per heavy atom. The van der Waals surface area contributed by atoms with Gasteiger partial charge in [0.1, 0.15) is 6.10 Å². The van der Waals surface area contributed by atoms with Gasteiger partial charge in [0.05, 0.1) is 5.38 Å². The van der Waals surface area contributed by atoms with E-state index >= 15 is 0 Å². The van der Waals surface area contributed by atoms with E-state index in [4.69, 9.17) is 16.3 Å². The van der Waals surface area contributed by atoms with Crippen LogP contribution in [0.3, 0.4) is 0 Å². The summed E-state index contributed by atoms with van der Waals surface area (Å²) in [7, 11) is 0. The molecule has 1 aliphatic carbocycles. The van der Waals surface area contributed by atoms with Crippen molar-refractivity contribution in [3.63, 3.8) is 0 Å². The van der Waals surface area contributed by atoms with Gasteiger partial charge in [-0.25, -0.2) is 0 Å². The maximum Gasteiger partial charge on any atom is 0.305 e. The molecule has 0 aromatic heterocycles. The van der Waals surface area contributed by atoms with Gasteiger partial charge in [-0.15, -0.1) is 11.6 Å². The van der Waals surface area contributed by atoms with Crippen LogP contribution in [0.2, 0.25) is 0 Å². The third kappa shape index (κ3) is 2.22. The SMILES string of the molecule is CCC(=O)OC1CC=CC1Cl. The molecular weight excluding hydrogens is 164 g/mol. The van der Waals surface area contributed by atoms with Gasteiger partial charge in [0, 0.05) is 12.8 Å². The number of esters is 1. The lowest BCUT2D eigenvalue weighted by molar-refractivity contribution is -0.147. The molecular formula is C8H11ClO2. The van der Waals surface area contributed by atoms with Gasteiger partial charge in [0.25, 0.3) is 0 Å². The number of hydrogen-bond donors (Lipinski definition) is 0. The molecule has 0 radical (unpaired) electrons. The zero-order valence-electron chi connectivity index (χ0n) is 6.42. The minimum atomic E-state index is -0.177. The molecule has 0 heterocycles. The Bertz CT molecular complexity index is 177. The lowest BCUT2D eigenvalue weighted by atomic mass is 10.3.